The maximum Gasteiger partial charge on any atom is 0.250 e. The van der Waals surface area contributed by atoms with Crippen LogP contribution < -0.4 is 11.3 Å². The average Bonchev–Trinajstić information content (AvgIpc) is 3.13. The lowest BCUT2D eigenvalue weighted by Gasteiger charge is -2.29. The number of nitrogen functional groups attached to an aromatic ring is 1. The van der Waals surface area contributed by atoms with E-state index < -0.39 is 0 Å². The summed E-state index contributed by atoms with van der Waals surface area (Å²) in [7, 11) is 0. The average molecular weight is 289 g/mol. The van der Waals surface area contributed by atoms with Crippen molar-refractivity contribution in [2.45, 2.75) is 57.5 Å². The van der Waals surface area contributed by atoms with Gasteiger partial charge in [0.05, 0.1) is 0 Å². The number of aromatic nitrogens is 1. The van der Waals surface area contributed by atoms with Crippen LogP contribution in [0, 0.1) is 5.92 Å². The van der Waals surface area contributed by atoms with Gasteiger partial charge in [0.25, 0.3) is 5.56 Å². The van der Waals surface area contributed by atoms with Crippen molar-refractivity contribution in [1.29, 1.82) is 0 Å². The summed E-state index contributed by atoms with van der Waals surface area (Å²) >= 11 is 0. The van der Waals surface area contributed by atoms with Crippen molar-refractivity contribution >= 4 is 5.69 Å². The van der Waals surface area contributed by atoms with Crippen LogP contribution in [0.15, 0.2) is 23.1 Å². The molecule has 1 saturated heterocycles. The third-order valence-electron chi connectivity index (χ3n) is 5.21. The summed E-state index contributed by atoms with van der Waals surface area (Å²) in [6.07, 6.45) is 11.2. The maximum absolute atomic E-state index is 11.8. The largest absolute Gasteiger partial charge is 0.398 e. The van der Waals surface area contributed by atoms with Gasteiger partial charge in [-0.3, -0.25) is 4.79 Å². The smallest absolute Gasteiger partial charge is 0.250 e. The number of hydrogen-bond donors (Lipinski definition) is 1. The molecule has 1 aromatic heterocycles. The van der Waals surface area contributed by atoms with E-state index in [0.29, 0.717) is 5.69 Å². The van der Waals surface area contributed by atoms with Crippen LogP contribution in [-0.2, 0) is 6.54 Å². The van der Waals surface area contributed by atoms with Crippen LogP contribution in [0.1, 0.15) is 44.9 Å². The van der Waals surface area contributed by atoms with Crippen molar-refractivity contribution < 1.29 is 0 Å². The Labute approximate surface area is 126 Å². The van der Waals surface area contributed by atoms with Gasteiger partial charge in [-0.05, 0) is 50.6 Å². The minimum atomic E-state index is 0.0537. The topological polar surface area (TPSA) is 51.3 Å². The molecule has 3 rings (SSSR count). The molecule has 0 radical (unpaired) electrons. The van der Waals surface area contributed by atoms with Gasteiger partial charge in [0, 0.05) is 37.1 Å². The Kier molecular flexibility index (Phi) is 4.63. The number of nitrogens with two attached hydrogens (primary N) is 1. The highest BCUT2D eigenvalue weighted by Crippen LogP contribution is 2.35. The van der Waals surface area contributed by atoms with Crippen LogP contribution in [0.5, 0.6) is 0 Å². The Morgan fingerprint density at radius 3 is 2.71 bits per heavy atom. The normalized spacial score (nSPS) is 23.9. The molecule has 1 aliphatic carbocycles. The minimum Gasteiger partial charge on any atom is -0.398 e. The van der Waals surface area contributed by atoms with E-state index in [2.05, 4.69) is 4.90 Å². The Bertz CT molecular complexity index is 519. The Morgan fingerprint density at radius 1 is 1.10 bits per heavy atom. The van der Waals surface area contributed by atoms with Gasteiger partial charge in [-0.1, -0.05) is 12.8 Å². The fourth-order valence-electron chi connectivity index (χ4n) is 4.17. The lowest BCUT2D eigenvalue weighted by atomic mass is 9.96. The zero-order chi connectivity index (χ0) is 14.7. The van der Waals surface area contributed by atoms with Crippen LogP contribution in [0.3, 0.4) is 0 Å². The summed E-state index contributed by atoms with van der Waals surface area (Å²) in [5.74, 6) is 0.933. The first-order valence-electron chi connectivity index (χ1n) is 8.44. The Balaban J connectivity index is 1.52. The van der Waals surface area contributed by atoms with E-state index in [4.69, 9.17) is 5.73 Å². The van der Waals surface area contributed by atoms with Crippen molar-refractivity contribution in [3.8, 4) is 0 Å². The number of nitrogens with zero attached hydrogens (tertiary/aromatic N) is 2. The molecule has 4 heteroatoms. The highest BCUT2D eigenvalue weighted by molar-refractivity contribution is 5.33. The third-order valence-corrected chi connectivity index (χ3v) is 5.21. The van der Waals surface area contributed by atoms with Crippen molar-refractivity contribution in [2.75, 3.05) is 18.8 Å². The van der Waals surface area contributed by atoms with Crippen molar-refractivity contribution in [2.24, 2.45) is 5.92 Å². The van der Waals surface area contributed by atoms with E-state index in [9.17, 15) is 4.79 Å². The monoisotopic (exact) mass is 289 g/mol. The lowest BCUT2D eigenvalue weighted by Crippen LogP contribution is -2.36. The van der Waals surface area contributed by atoms with Crippen molar-refractivity contribution in [1.82, 2.24) is 9.47 Å². The number of pyridine rings is 1. The first-order valence-corrected chi connectivity index (χ1v) is 8.44. The van der Waals surface area contributed by atoms with Crippen LogP contribution in [0.4, 0.5) is 5.69 Å². The molecule has 0 amide bonds. The lowest BCUT2D eigenvalue weighted by molar-refractivity contribution is 0.186. The SMILES string of the molecule is Nc1ccc(=O)n(CCCN2CCCC2C2CCCC2)c1. The zero-order valence-electron chi connectivity index (χ0n) is 12.8. The molecule has 0 aromatic carbocycles. The van der Waals surface area contributed by atoms with E-state index in [1.165, 1.54) is 45.1 Å². The second-order valence-corrected chi connectivity index (χ2v) is 6.64. The van der Waals surface area contributed by atoms with Gasteiger partial charge in [0.15, 0.2) is 0 Å². The van der Waals surface area contributed by atoms with Gasteiger partial charge in [-0.15, -0.1) is 0 Å². The summed E-state index contributed by atoms with van der Waals surface area (Å²) in [5, 5.41) is 0. The molecule has 2 aliphatic rings. The van der Waals surface area contributed by atoms with E-state index in [0.717, 1.165) is 31.5 Å². The fraction of sp³-hybridized carbons (Fsp3) is 0.706. The molecule has 1 aromatic rings. The predicted molar refractivity (Wildman–Crippen MR) is 86.3 cm³/mol. The molecule has 1 aliphatic heterocycles. The molecule has 116 valence electrons. The van der Waals surface area contributed by atoms with Crippen molar-refractivity contribution in [3.63, 3.8) is 0 Å². The summed E-state index contributed by atoms with van der Waals surface area (Å²) in [4.78, 5) is 14.4. The fourth-order valence-corrected chi connectivity index (χ4v) is 4.17. The number of anilines is 1. The second kappa shape index (κ2) is 6.65. The van der Waals surface area contributed by atoms with Crippen LogP contribution in [-0.4, -0.2) is 28.6 Å². The summed E-state index contributed by atoms with van der Waals surface area (Å²) < 4.78 is 1.75. The quantitative estimate of drug-likeness (QED) is 0.906. The summed E-state index contributed by atoms with van der Waals surface area (Å²) in [6.45, 7) is 3.13. The molecule has 1 saturated carbocycles. The number of hydrogen-bond acceptors (Lipinski definition) is 3. The van der Waals surface area contributed by atoms with Crippen molar-refractivity contribution in [3.05, 3.63) is 28.7 Å². The van der Waals surface area contributed by atoms with Crippen LogP contribution in [0.25, 0.3) is 0 Å². The van der Waals surface area contributed by atoms with Crippen LogP contribution >= 0.6 is 0 Å². The zero-order valence-corrected chi connectivity index (χ0v) is 12.8. The molecule has 2 N–H and O–H groups in total. The number of aryl methyl sites for hydroxylation is 1. The summed E-state index contributed by atoms with van der Waals surface area (Å²) in [5.41, 5.74) is 6.48. The third kappa shape index (κ3) is 3.49. The van der Waals surface area contributed by atoms with Gasteiger partial charge < -0.3 is 15.2 Å². The molecule has 0 bridgehead atoms. The standard InChI is InChI=1S/C17H27N3O/c18-15-8-9-17(21)20(13-15)12-4-11-19-10-3-7-16(19)14-5-1-2-6-14/h8-9,13-14,16H,1-7,10-12,18H2. The van der Waals surface area contributed by atoms with Gasteiger partial charge in [0.2, 0.25) is 0 Å². The predicted octanol–water partition coefficient (Wildman–Crippen LogP) is 2.48. The highest BCUT2D eigenvalue weighted by Gasteiger charge is 2.32. The van der Waals surface area contributed by atoms with Gasteiger partial charge in [-0.25, -0.2) is 0 Å². The van der Waals surface area contributed by atoms with Gasteiger partial charge in [0.1, 0.15) is 0 Å². The first-order chi connectivity index (χ1) is 10.2. The minimum absolute atomic E-state index is 0.0537. The van der Waals surface area contributed by atoms with E-state index in [1.54, 1.807) is 22.9 Å². The Morgan fingerprint density at radius 2 is 1.90 bits per heavy atom. The maximum atomic E-state index is 11.8. The molecular formula is C17H27N3O. The molecule has 1 atom stereocenters. The summed E-state index contributed by atoms with van der Waals surface area (Å²) in [6, 6.07) is 4.05. The molecule has 21 heavy (non-hydrogen) atoms. The van der Waals surface area contributed by atoms with Crippen LogP contribution in [0.2, 0.25) is 0 Å². The van der Waals surface area contributed by atoms with Gasteiger partial charge in [-0.2, -0.15) is 0 Å². The number of likely N-dealkylation sites (tertiary alicyclic amines) is 1. The van der Waals surface area contributed by atoms with E-state index >= 15 is 0 Å². The van der Waals surface area contributed by atoms with Gasteiger partial charge >= 0.3 is 0 Å². The molecular weight excluding hydrogens is 262 g/mol. The van der Waals surface area contributed by atoms with E-state index in [-0.39, 0.29) is 5.56 Å². The molecule has 0 spiro atoms. The molecule has 2 heterocycles. The highest BCUT2D eigenvalue weighted by atomic mass is 16.1. The van der Waals surface area contributed by atoms with E-state index in [1.807, 2.05) is 0 Å². The molecule has 2 fully saturated rings. The molecule has 4 nitrogen and oxygen atoms in total. The second-order valence-electron chi connectivity index (χ2n) is 6.64. The molecule has 1 unspecified atom stereocenters. The first kappa shape index (κ1) is 14.6. The Hall–Kier alpha value is -1.29. The number of rotatable bonds is 5.